The third kappa shape index (κ3) is 5.83. The highest BCUT2D eigenvalue weighted by Gasteiger charge is 2.35. The first kappa shape index (κ1) is 25.4. The van der Waals surface area contributed by atoms with Crippen molar-refractivity contribution < 1.29 is 19.2 Å². The summed E-state index contributed by atoms with van der Waals surface area (Å²) in [6, 6.07) is 13.2. The highest BCUT2D eigenvalue weighted by atomic mass is 35.5. The van der Waals surface area contributed by atoms with E-state index in [0.717, 1.165) is 12.0 Å². The van der Waals surface area contributed by atoms with E-state index in [1.54, 1.807) is 49.4 Å². The van der Waals surface area contributed by atoms with Crippen molar-refractivity contribution in [3.05, 3.63) is 70.2 Å². The van der Waals surface area contributed by atoms with Crippen LogP contribution in [-0.4, -0.2) is 52.1 Å². The zero-order valence-corrected chi connectivity index (χ0v) is 20.5. The summed E-state index contributed by atoms with van der Waals surface area (Å²) in [4.78, 5) is 53.8. The molecule has 180 valence electrons. The largest absolute Gasteiger partial charge is 0.352 e. The second-order valence-corrected chi connectivity index (χ2v) is 8.99. The van der Waals surface area contributed by atoms with Crippen LogP contribution in [0.15, 0.2) is 48.5 Å². The standard InChI is InChI=1S/C26H30ClN3O4/c1-4-17(2)28-24(32)18(3)30(16-19-9-7-10-20(27)15-19)23(31)13-8-14-29-25(33)21-11-5-6-12-22(21)26(29)34/h5-7,9-12,15,17-18H,4,8,13-14,16H2,1-3H3,(H,28,32)/t17-,18+/m0/s1. The van der Waals surface area contributed by atoms with Crippen molar-refractivity contribution in [2.75, 3.05) is 6.54 Å². The minimum absolute atomic E-state index is 0.00750. The van der Waals surface area contributed by atoms with Gasteiger partial charge in [-0.25, -0.2) is 0 Å². The molecule has 0 aliphatic carbocycles. The number of fused-ring (bicyclic) bond motifs is 1. The van der Waals surface area contributed by atoms with E-state index in [9.17, 15) is 19.2 Å². The first-order valence-corrected chi connectivity index (χ1v) is 11.9. The normalized spacial score (nSPS) is 14.5. The molecule has 1 aliphatic rings. The van der Waals surface area contributed by atoms with Gasteiger partial charge in [0.1, 0.15) is 6.04 Å². The summed E-state index contributed by atoms with van der Waals surface area (Å²) < 4.78 is 0. The molecule has 0 radical (unpaired) electrons. The average molecular weight is 484 g/mol. The van der Waals surface area contributed by atoms with Crippen LogP contribution in [0, 0.1) is 0 Å². The van der Waals surface area contributed by atoms with Gasteiger partial charge in [0, 0.05) is 30.6 Å². The lowest BCUT2D eigenvalue weighted by atomic mass is 10.1. The smallest absolute Gasteiger partial charge is 0.261 e. The molecule has 1 heterocycles. The van der Waals surface area contributed by atoms with Crippen molar-refractivity contribution in [3.8, 4) is 0 Å². The number of hydrogen-bond acceptors (Lipinski definition) is 4. The fourth-order valence-corrected chi connectivity index (χ4v) is 4.07. The number of rotatable bonds is 10. The molecule has 2 aromatic rings. The molecule has 0 saturated heterocycles. The molecule has 0 bridgehead atoms. The summed E-state index contributed by atoms with van der Waals surface area (Å²) >= 11 is 6.11. The Labute approximate surface area is 205 Å². The van der Waals surface area contributed by atoms with Gasteiger partial charge in [0.15, 0.2) is 0 Å². The first-order chi connectivity index (χ1) is 16.2. The Morgan fingerprint density at radius 3 is 2.26 bits per heavy atom. The molecule has 0 fully saturated rings. The minimum atomic E-state index is -0.695. The molecule has 0 saturated carbocycles. The Morgan fingerprint density at radius 1 is 1.03 bits per heavy atom. The van der Waals surface area contributed by atoms with Gasteiger partial charge >= 0.3 is 0 Å². The third-order valence-electron chi connectivity index (χ3n) is 6.06. The van der Waals surface area contributed by atoms with Gasteiger partial charge in [-0.2, -0.15) is 0 Å². The quantitative estimate of drug-likeness (QED) is 0.516. The zero-order chi connectivity index (χ0) is 24.8. The number of benzene rings is 2. The number of nitrogens with zero attached hydrogens (tertiary/aromatic N) is 2. The zero-order valence-electron chi connectivity index (χ0n) is 19.7. The lowest BCUT2D eigenvalue weighted by Gasteiger charge is -2.30. The van der Waals surface area contributed by atoms with Crippen LogP contribution in [0.5, 0.6) is 0 Å². The molecule has 1 aliphatic heterocycles. The molecule has 2 aromatic carbocycles. The SMILES string of the molecule is CC[C@H](C)NC(=O)[C@@H](C)N(Cc1cccc(Cl)c1)C(=O)CCCN1C(=O)c2ccccc2C1=O. The van der Waals surface area contributed by atoms with Gasteiger partial charge in [-0.15, -0.1) is 0 Å². The van der Waals surface area contributed by atoms with Crippen LogP contribution in [0.25, 0.3) is 0 Å². The van der Waals surface area contributed by atoms with Crippen LogP contribution in [-0.2, 0) is 16.1 Å². The summed E-state index contributed by atoms with van der Waals surface area (Å²) in [5.74, 6) is -1.15. The molecule has 0 aromatic heterocycles. The molecule has 4 amide bonds. The lowest BCUT2D eigenvalue weighted by Crippen LogP contribution is -2.49. The van der Waals surface area contributed by atoms with E-state index in [4.69, 9.17) is 11.6 Å². The lowest BCUT2D eigenvalue weighted by molar-refractivity contribution is -0.141. The van der Waals surface area contributed by atoms with E-state index in [1.807, 2.05) is 19.9 Å². The molecule has 2 atom stereocenters. The number of imide groups is 1. The van der Waals surface area contributed by atoms with Gasteiger partial charge in [-0.05, 0) is 56.5 Å². The predicted molar refractivity (Wildman–Crippen MR) is 130 cm³/mol. The predicted octanol–water partition coefficient (Wildman–Crippen LogP) is 4.05. The van der Waals surface area contributed by atoms with Crippen LogP contribution in [0.4, 0.5) is 0 Å². The van der Waals surface area contributed by atoms with E-state index in [1.165, 1.54) is 9.80 Å². The molecule has 0 spiro atoms. The highest BCUT2D eigenvalue weighted by molar-refractivity contribution is 6.30. The van der Waals surface area contributed by atoms with Crippen molar-refractivity contribution in [3.63, 3.8) is 0 Å². The van der Waals surface area contributed by atoms with Crippen molar-refractivity contribution in [2.24, 2.45) is 0 Å². The second-order valence-electron chi connectivity index (χ2n) is 8.56. The van der Waals surface area contributed by atoms with Gasteiger partial charge < -0.3 is 10.2 Å². The van der Waals surface area contributed by atoms with E-state index in [0.29, 0.717) is 22.6 Å². The number of halogens is 1. The van der Waals surface area contributed by atoms with E-state index >= 15 is 0 Å². The second kappa shape index (κ2) is 11.3. The summed E-state index contributed by atoms with van der Waals surface area (Å²) in [5, 5.41) is 3.48. The van der Waals surface area contributed by atoms with Crippen LogP contribution >= 0.6 is 11.6 Å². The van der Waals surface area contributed by atoms with E-state index in [-0.39, 0.29) is 49.2 Å². The number of amides is 4. The number of carbonyl (C=O) groups excluding carboxylic acids is 4. The maximum absolute atomic E-state index is 13.2. The fourth-order valence-electron chi connectivity index (χ4n) is 3.85. The summed E-state index contributed by atoms with van der Waals surface area (Å²) in [5.41, 5.74) is 1.58. The highest BCUT2D eigenvalue weighted by Crippen LogP contribution is 2.23. The van der Waals surface area contributed by atoms with Gasteiger partial charge in [-0.3, -0.25) is 24.1 Å². The summed E-state index contributed by atoms with van der Waals surface area (Å²) in [7, 11) is 0. The Hall–Kier alpha value is -3.19. The van der Waals surface area contributed by atoms with E-state index < -0.39 is 6.04 Å². The Kier molecular flexibility index (Phi) is 8.45. The molecular formula is C26H30ClN3O4. The average Bonchev–Trinajstić information content (AvgIpc) is 3.07. The molecule has 34 heavy (non-hydrogen) atoms. The Bertz CT molecular complexity index is 1050. The number of hydrogen-bond donors (Lipinski definition) is 1. The van der Waals surface area contributed by atoms with Crippen LogP contribution in [0.3, 0.4) is 0 Å². The molecule has 0 unspecified atom stereocenters. The minimum Gasteiger partial charge on any atom is -0.352 e. The van der Waals surface area contributed by atoms with Crippen molar-refractivity contribution in [1.29, 1.82) is 0 Å². The number of nitrogens with one attached hydrogen (secondary N) is 1. The maximum atomic E-state index is 13.2. The number of carbonyl (C=O) groups is 4. The summed E-state index contributed by atoms with van der Waals surface area (Å²) in [6.07, 6.45) is 1.17. The van der Waals surface area contributed by atoms with Crippen molar-refractivity contribution in [1.82, 2.24) is 15.1 Å². The molecule has 1 N–H and O–H groups in total. The molecule has 8 heteroatoms. The van der Waals surface area contributed by atoms with Crippen LogP contribution in [0.2, 0.25) is 5.02 Å². The van der Waals surface area contributed by atoms with Gasteiger partial charge in [0.2, 0.25) is 11.8 Å². The topological polar surface area (TPSA) is 86.8 Å². The third-order valence-corrected chi connectivity index (χ3v) is 6.30. The molecule has 7 nitrogen and oxygen atoms in total. The first-order valence-electron chi connectivity index (χ1n) is 11.5. The molecular weight excluding hydrogens is 454 g/mol. The molecule has 3 rings (SSSR count). The van der Waals surface area contributed by atoms with Gasteiger partial charge in [0.05, 0.1) is 11.1 Å². The summed E-state index contributed by atoms with van der Waals surface area (Å²) in [6.45, 7) is 5.95. The maximum Gasteiger partial charge on any atom is 0.261 e. The Balaban J connectivity index is 1.68. The monoisotopic (exact) mass is 483 g/mol. The van der Waals surface area contributed by atoms with Crippen LogP contribution in [0.1, 0.15) is 66.3 Å². The van der Waals surface area contributed by atoms with Crippen molar-refractivity contribution >= 4 is 35.2 Å². The van der Waals surface area contributed by atoms with Gasteiger partial charge in [-0.1, -0.05) is 42.8 Å². The van der Waals surface area contributed by atoms with Crippen molar-refractivity contribution in [2.45, 2.75) is 58.7 Å². The fraction of sp³-hybridized carbons (Fsp3) is 0.385. The van der Waals surface area contributed by atoms with Gasteiger partial charge in [0.25, 0.3) is 11.8 Å². The van der Waals surface area contributed by atoms with E-state index in [2.05, 4.69) is 5.32 Å². The van der Waals surface area contributed by atoms with Crippen LogP contribution < -0.4 is 5.32 Å². The Morgan fingerprint density at radius 2 is 1.68 bits per heavy atom.